The van der Waals surface area contributed by atoms with Crippen LogP contribution in [0.25, 0.3) is 0 Å². The predicted molar refractivity (Wildman–Crippen MR) is 97.5 cm³/mol. The summed E-state index contributed by atoms with van der Waals surface area (Å²) in [4.78, 5) is 29.1. The van der Waals surface area contributed by atoms with Gasteiger partial charge in [0.05, 0.1) is 18.4 Å². The van der Waals surface area contributed by atoms with Crippen LogP contribution in [0.5, 0.6) is 5.75 Å². The highest BCUT2D eigenvalue weighted by molar-refractivity contribution is 5.97. The fraction of sp³-hybridized carbons (Fsp3) is 0.421. The maximum atomic E-state index is 12.8. The highest BCUT2D eigenvalue weighted by Crippen LogP contribution is 2.18. The minimum absolute atomic E-state index is 0.0124. The summed E-state index contributed by atoms with van der Waals surface area (Å²) < 4.78 is 6.91. The van der Waals surface area contributed by atoms with Crippen molar-refractivity contribution in [1.29, 1.82) is 0 Å². The number of methoxy groups -OCH3 is 1. The number of ether oxygens (including phenoxy) is 1. The van der Waals surface area contributed by atoms with Crippen LogP contribution >= 0.6 is 0 Å². The number of amides is 2. The van der Waals surface area contributed by atoms with Gasteiger partial charge >= 0.3 is 0 Å². The van der Waals surface area contributed by atoms with Gasteiger partial charge in [0, 0.05) is 44.5 Å². The third-order valence-corrected chi connectivity index (χ3v) is 4.89. The van der Waals surface area contributed by atoms with Gasteiger partial charge < -0.3 is 14.5 Å². The van der Waals surface area contributed by atoms with Crippen LogP contribution in [0.15, 0.2) is 24.3 Å². The second-order valence-corrected chi connectivity index (χ2v) is 6.49. The first-order chi connectivity index (χ1) is 12.4. The molecule has 2 amide bonds. The molecule has 1 aromatic heterocycles. The van der Waals surface area contributed by atoms with Crippen molar-refractivity contribution in [1.82, 2.24) is 19.6 Å². The lowest BCUT2D eigenvalue weighted by atomic mass is 10.1. The number of nitrogens with zero attached hydrogens (tertiary/aromatic N) is 4. The van der Waals surface area contributed by atoms with Gasteiger partial charge in [0.25, 0.3) is 11.8 Å². The normalized spacial score (nSPS) is 14.5. The highest BCUT2D eigenvalue weighted by atomic mass is 16.5. The second kappa shape index (κ2) is 7.19. The highest BCUT2D eigenvalue weighted by Gasteiger charge is 2.28. The van der Waals surface area contributed by atoms with Crippen molar-refractivity contribution in [2.75, 3.05) is 33.3 Å². The van der Waals surface area contributed by atoms with Crippen molar-refractivity contribution in [3.05, 3.63) is 46.8 Å². The van der Waals surface area contributed by atoms with E-state index in [1.165, 1.54) is 0 Å². The molecular formula is C19H24N4O3. The Morgan fingerprint density at radius 1 is 1.04 bits per heavy atom. The van der Waals surface area contributed by atoms with Gasteiger partial charge in [0.15, 0.2) is 0 Å². The summed E-state index contributed by atoms with van der Waals surface area (Å²) in [7, 11) is 3.42. The average Bonchev–Trinajstić information content (AvgIpc) is 2.92. The van der Waals surface area contributed by atoms with Crippen LogP contribution in [0.2, 0.25) is 0 Å². The first-order valence-electron chi connectivity index (χ1n) is 8.65. The van der Waals surface area contributed by atoms with Crippen molar-refractivity contribution in [3.63, 3.8) is 0 Å². The van der Waals surface area contributed by atoms with Crippen molar-refractivity contribution < 1.29 is 14.3 Å². The summed E-state index contributed by atoms with van der Waals surface area (Å²) in [5.74, 6) is 0.610. The van der Waals surface area contributed by atoms with E-state index in [0.717, 1.165) is 11.4 Å². The molecule has 1 fully saturated rings. The molecule has 1 aliphatic rings. The monoisotopic (exact) mass is 356 g/mol. The molecule has 0 aliphatic carbocycles. The third-order valence-electron chi connectivity index (χ3n) is 4.89. The SMILES string of the molecule is COc1cccc(C(=O)N2CCN(C(=O)c3c(C)nn(C)c3C)CC2)c1. The number of benzene rings is 1. The van der Waals surface area contributed by atoms with Gasteiger partial charge in [-0.25, -0.2) is 0 Å². The molecular weight excluding hydrogens is 332 g/mol. The topological polar surface area (TPSA) is 67.7 Å². The fourth-order valence-electron chi connectivity index (χ4n) is 3.29. The van der Waals surface area contributed by atoms with Crippen molar-refractivity contribution >= 4 is 11.8 Å². The Morgan fingerprint density at radius 3 is 2.19 bits per heavy atom. The van der Waals surface area contributed by atoms with Gasteiger partial charge in [-0.05, 0) is 32.0 Å². The molecule has 2 heterocycles. The van der Waals surface area contributed by atoms with Crippen molar-refractivity contribution in [3.8, 4) is 5.75 Å². The predicted octanol–water partition coefficient (Wildman–Crippen LogP) is 1.64. The molecule has 7 heteroatoms. The molecule has 7 nitrogen and oxygen atoms in total. The molecule has 0 radical (unpaired) electrons. The molecule has 0 spiro atoms. The Kier molecular flexibility index (Phi) is 4.97. The Morgan fingerprint density at radius 2 is 1.65 bits per heavy atom. The summed E-state index contributed by atoms with van der Waals surface area (Å²) in [5.41, 5.74) is 2.87. The number of hydrogen-bond acceptors (Lipinski definition) is 4. The first-order valence-corrected chi connectivity index (χ1v) is 8.65. The van der Waals surface area contributed by atoms with Crippen molar-refractivity contribution in [2.24, 2.45) is 7.05 Å². The molecule has 1 aromatic carbocycles. The zero-order valence-electron chi connectivity index (χ0n) is 15.7. The van der Waals surface area contributed by atoms with Gasteiger partial charge in [-0.1, -0.05) is 6.07 Å². The number of rotatable bonds is 3. The minimum atomic E-state index is -0.0373. The summed E-state index contributed by atoms with van der Waals surface area (Å²) in [5, 5.41) is 4.32. The van der Waals surface area contributed by atoms with Crippen molar-refractivity contribution in [2.45, 2.75) is 13.8 Å². The summed E-state index contributed by atoms with van der Waals surface area (Å²) in [6, 6.07) is 7.14. The molecule has 26 heavy (non-hydrogen) atoms. The largest absolute Gasteiger partial charge is 0.497 e. The zero-order valence-corrected chi connectivity index (χ0v) is 15.7. The van der Waals surface area contributed by atoms with Gasteiger partial charge in [0.1, 0.15) is 5.75 Å². The number of aryl methyl sites for hydroxylation is 2. The van der Waals surface area contributed by atoms with Crippen LogP contribution < -0.4 is 4.74 Å². The molecule has 0 unspecified atom stereocenters. The lowest BCUT2D eigenvalue weighted by molar-refractivity contribution is 0.0534. The quantitative estimate of drug-likeness (QED) is 0.839. The second-order valence-electron chi connectivity index (χ2n) is 6.49. The molecule has 2 aromatic rings. The van der Waals surface area contributed by atoms with E-state index in [1.54, 1.807) is 39.8 Å². The van der Waals surface area contributed by atoms with Crippen LogP contribution in [0.4, 0.5) is 0 Å². The van der Waals surface area contributed by atoms with Gasteiger partial charge in [0.2, 0.25) is 0 Å². The van der Waals surface area contributed by atoms with E-state index >= 15 is 0 Å². The zero-order chi connectivity index (χ0) is 18.8. The van der Waals surface area contributed by atoms with Crippen LogP contribution in [-0.4, -0.2) is 64.7 Å². The summed E-state index contributed by atoms with van der Waals surface area (Å²) in [6.07, 6.45) is 0. The number of carbonyl (C=O) groups is 2. The van der Waals surface area contributed by atoms with Crippen LogP contribution in [0.3, 0.4) is 0 Å². The number of carbonyl (C=O) groups excluding carboxylic acids is 2. The van der Waals surface area contributed by atoms with Crippen LogP contribution in [-0.2, 0) is 7.05 Å². The molecule has 0 saturated carbocycles. The van der Waals surface area contributed by atoms with E-state index in [0.29, 0.717) is 43.1 Å². The third kappa shape index (κ3) is 3.29. The lowest BCUT2D eigenvalue weighted by Gasteiger charge is -2.35. The number of piperazine rings is 1. The molecule has 0 atom stereocenters. The number of aromatic nitrogens is 2. The fourth-order valence-corrected chi connectivity index (χ4v) is 3.29. The summed E-state index contributed by atoms with van der Waals surface area (Å²) >= 11 is 0. The molecule has 0 N–H and O–H groups in total. The van der Waals surface area contributed by atoms with Gasteiger partial charge in [-0.2, -0.15) is 5.10 Å². The molecule has 1 saturated heterocycles. The average molecular weight is 356 g/mol. The summed E-state index contributed by atoms with van der Waals surface area (Å²) in [6.45, 7) is 5.81. The van der Waals surface area contributed by atoms with E-state index in [-0.39, 0.29) is 11.8 Å². The van der Waals surface area contributed by atoms with E-state index in [9.17, 15) is 9.59 Å². The standard InChI is InChI=1S/C19H24N4O3/c1-13-17(14(2)21(3)20-13)19(25)23-10-8-22(9-11-23)18(24)15-6-5-7-16(12-15)26-4/h5-7,12H,8-11H2,1-4H3. The van der Waals surface area contributed by atoms with Crippen LogP contribution in [0.1, 0.15) is 32.1 Å². The molecule has 1 aliphatic heterocycles. The minimum Gasteiger partial charge on any atom is -0.497 e. The molecule has 0 bridgehead atoms. The Hall–Kier alpha value is -2.83. The molecule has 3 rings (SSSR count). The van der Waals surface area contributed by atoms with Gasteiger partial charge in [-0.15, -0.1) is 0 Å². The Balaban J connectivity index is 1.67. The van der Waals surface area contributed by atoms with E-state index < -0.39 is 0 Å². The Labute approximate surface area is 153 Å². The Bertz CT molecular complexity index is 835. The molecule has 138 valence electrons. The lowest BCUT2D eigenvalue weighted by Crippen LogP contribution is -2.50. The van der Waals surface area contributed by atoms with E-state index in [2.05, 4.69) is 5.10 Å². The van der Waals surface area contributed by atoms with Gasteiger partial charge in [-0.3, -0.25) is 14.3 Å². The van der Waals surface area contributed by atoms with E-state index in [1.807, 2.05) is 27.0 Å². The number of hydrogen-bond donors (Lipinski definition) is 0. The van der Waals surface area contributed by atoms with E-state index in [4.69, 9.17) is 4.74 Å². The maximum Gasteiger partial charge on any atom is 0.257 e. The maximum absolute atomic E-state index is 12.8. The van der Waals surface area contributed by atoms with Crippen LogP contribution in [0, 0.1) is 13.8 Å². The first kappa shape index (κ1) is 18.0. The smallest absolute Gasteiger partial charge is 0.257 e.